The van der Waals surface area contributed by atoms with Gasteiger partial charge in [-0.2, -0.15) is 0 Å². The molecule has 0 heterocycles. The van der Waals surface area contributed by atoms with Gasteiger partial charge in [0.2, 0.25) is 0 Å². The summed E-state index contributed by atoms with van der Waals surface area (Å²) in [4.78, 5) is 0. The average Bonchev–Trinajstić information content (AvgIpc) is 2.77. The summed E-state index contributed by atoms with van der Waals surface area (Å²) in [6.45, 7) is 14.3. The van der Waals surface area contributed by atoms with Crippen LogP contribution in [0.3, 0.4) is 0 Å². The van der Waals surface area contributed by atoms with Crippen LogP contribution in [0.1, 0.15) is 79.6 Å². The van der Waals surface area contributed by atoms with E-state index in [4.69, 9.17) is 0 Å². The Morgan fingerprint density at radius 2 is 1.57 bits per heavy atom. The first-order valence-electron chi connectivity index (χ1n) is 13.2. The maximum absolute atomic E-state index is 2.92. The summed E-state index contributed by atoms with van der Waals surface area (Å²) in [5.74, 6) is 11.9. The first-order chi connectivity index (χ1) is 13.2. The molecule has 0 N–H and O–H groups in total. The molecular formula is C28H40. The van der Waals surface area contributed by atoms with Gasteiger partial charge in [0, 0.05) is 0 Å². The van der Waals surface area contributed by atoms with E-state index >= 15 is 0 Å². The molecule has 16 atom stereocenters. The largest absolute Gasteiger partial charge is 0.0617 e. The van der Waals surface area contributed by atoms with Crippen LogP contribution in [0.2, 0.25) is 0 Å². The van der Waals surface area contributed by atoms with Gasteiger partial charge in [0.1, 0.15) is 0 Å². The molecule has 28 heavy (non-hydrogen) atoms. The summed E-state index contributed by atoms with van der Waals surface area (Å²) in [5.41, 5.74) is 3.54. The fourth-order valence-electron chi connectivity index (χ4n) is 16.2. The van der Waals surface area contributed by atoms with Crippen molar-refractivity contribution in [2.45, 2.75) is 79.6 Å². The molecule has 152 valence electrons. The molecule has 0 aromatic carbocycles. The molecule has 12 saturated carbocycles. The van der Waals surface area contributed by atoms with Gasteiger partial charge in [-0.05, 0) is 137 Å². The van der Waals surface area contributed by atoms with Crippen LogP contribution >= 0.6 is 0 Å². The standard InChI is InChI=1S/C28H40/c1-13-20-11-27-10-16-8-19-18-6-15-7-22(26(20,5)24(18,3)12-27)28(16,19)14(2)23-17(15)9-21(27)25(13,23)4/h13-23H,6-12H2,1-5H3. The zero-order chi connectivity index (χ0) is 18.8. The minimum Gasteiger partial charge on any atom is -0.0617 e. The van der Waals surface area contributed by atoms with E-state index in [1.807, 2.05) is 0 Å². The van der Waals surface area contributed by atoms with Crippen LogP contribution in [0.4, 0.5) is 0 Å². The Hall–Kier alpha value is 0. The van der Waals surface area contributed by atoms with Crippen molar-refractivity contribution in [1.82, 2.24) is 0 Å². The average molecular weight is 377 g/mol. The Labute approximate surface area is 172 Å². The van der Waals surface area contributed by atoms with E-state index < -0.39 is 0 Å². The van der Waals surface area contributed by atoms with Crippen molar-refractivity contribution in [3.63, 3.8) is 0 Å². The van der Waals surface area contributed by atoms with E-state index in [1.54, 1.807) is 44.9 Å². The van der Waals surface area contributed by atoms with Crippen LogP contribution in [-0.4, -0.2) is 0 Å². The number of rotatable bonds is 0. The van der Waals surface area contributed by atoms with Crippen LogP contribution in [0.15, 0.2) is 0 Å². The molecular weight excluding hydrogens is 336 g/mol. The van der Waals surface area contributed by atoms with Crippen LogP contribution in [0, 0.1) is 92.2 Å². The second-order valence-corrected chi connectivity index (χ2v) is 15.1. The monoisotopic (exact) mass is 376 g/mol. The van der Waals surface area contributed by atoms with Gasteiger partial charge in [-0.3, -0.25) is 0 Å². The lowest BCUT2D eigenvalue weighted by Gasteiger charge is -2.87. The molecule has 0 radical (unpaired) electrons. The summed E-state index contributed by atoms with van der Waals surface area (Å²) in [6, 6.07) is 0. The van der Waals surface area contributed by atoms with Crippen molar-refractivity contribution in [3.05, 3.63) is 0 Å². The van der Waals surface area contributed by atoms with Crippen LogP contribution in [0.25, 0.3) is 0 Å². The summed E-state index contributed by atoms with van der Waals surface area (Å²) in [5, 5.41) is 0. The Balaban J connectivity index is 1.53. The molecule has 12 rings (SSSR count). The summed E-state index contributed by atoms with van der Waals surface area (Å²) < 4.78 is 0. The van der Waals surface area contributed by atoms with Gasteiger partial charge >= 0.3 is 0 Å². The predicted molar refractivity (Wildman–Crippen MR) is 111 cm³/mol. The van der Waals surface area contributed by atoms with Crippen molar-refractivity contribution in [3.8, 4) is 0 Å². The van der Waals surface area contributed by atoms with Gasteiger partial charge in [-0.15, -0.1) is 0 Å². The van der Waals surface area contributed by atoms with Crippen LogP contribution in [-0.2, 0) is 0 Å². The van der Waals surface area contributed by atoms with E-state index in [0.29, 0.717) is 16.2 Å². The molecule has 12 aliphatic carbocycles. The second-order valence-electron chi connectivity index (χ2n) is 15.1. The van der Waals surface area contributed by atoms with Gasteiger partial charge in [-0.1, -0.05) is 34.6 Å². The first-order valence-corrected chi connectivity index (χ1v) is 13.2. The number of hydrogen-bond acceptors (Lipinski definition) is 0. The van der Waals surface area contributed by atoms with E-state index in [9.17, 15) is 0 Å². The Morgan fingerprint density at radius 3 is 2.39 bits per heavy atom. The Bertz CT molecular complexity index is 856. The van der Waals surface area contributed by atoms with E-state index in [2.05, 4.69) is 34.6 Å². The zero-order valence-corrected chi connectivity index (χ0v) is 18.8. The molecule has 0 aromatic heterocycles. The molecule has 13 bridgehead atoms. The minimum atomic E-state index is 0.655. The fourth-order valence-corrected chi connectivity index (χ4v) is 16.2. The molecule has 12 fully saturated rings. The summed E-state index contributed by atoms with van der Waals surface area (Å²) in [7, 11) is 0. The van der Waals surface area contributed by atoms with Gasteiger partial charge in [0.05, 0.1) is 0 Å². The highest BCUT2D eigenvalue weighted by Gasteiger charge is 2.89. The van der Waals surface area contributed by atoms with Crippen molar-refractivity contribution < 1.29 is 0 Å². The summed E-state index contributed by atoms with van der Waals surface area (Å²) in [6.07, 6.45) is 11.6. The van der Waals surface area contributed by atoms with E-state index in [1.165, 1.54) is 0 Å². The van der Waals surface area contributed by atoms with Crippen molar-refractivity contribution >= 4 is 0 Å². The molecule has 0 amide bonds. The quantitative estimate of drug-likeness (QED) is 0.444. The van der Waals surface area contributed by atoms with Gasteiger partial charge in [0.25, 0.3) is 0 Å². The van der Waals surface area contributed by atoms with Gasteiger partial charge < -0.3 is 0 Å². The van der Waals surface area contributed by atoms with Crippen LogP contribution in [0.5, 0.6) is 0 Å². The molecule has 2 spiro atoms. The SMILES string of the molecule is CC1C2CC34CC5CC6C7CC8CC(C56C(C)C5C8CC3C15C)C2(C)C7(C)C4. The lowest BCUT2D eigenvalue weighted by atomic mass is 9.17. The Morgan fingerprint density at radius 1 is 0.750 bits per heavy atom. The van der Waals surface area contributed by atoms with Gasteiger partial charge in [-0.25, -0.2) is 0 Å². The normalized spacial score (nSPS) is 83.2. The predicted octanol–water partition coefficient (Wildman–Crippen LogP) is 6.65. The maximum atomic E-state index is 2.92. The third-order valence-electron chi connectivity index (χ3n) is 16.3. The highest BCUT2D eigenvalue weighted by molar-refractivity contribution is 5.37. The smallest absolute Gasteiger partial charge is 0.0175 e. The first kappa shape index (κ1) is 15.8. The van der Waals surface area contributed by atoms with Gasteiger partial charge in [0.15, 0.2) is 0 Å². The highest BCUT2D eigenvalue weighted by Crippen LogP contribution is 2.95. The molecule has 0 heteroatoms. The highest BCUT2D eigenvalue weighted by atomic mass is 14.9. The molecule has 0 aliphatic heterocycles. The zero-order valence-electron chi connectivity index (χ0n) is 18.8. The second kappa shape index (κ2) is 3.72. The summed E-state index contributed by atoms with van der Waals surface area (Å²) >= 11 is 0. The molecule has 0 saturated heterocycles. The van der Waals surface area contributed by atoms with E-state index in [-0.39, 0.29) is 0 Å². The third kappa shape index (κ3) is 1.01. The topological polar surface area (TPSA) is 0 Å². The van der Waals surface area contributed by atoms with Crippen molar-refractivity contribution in [2.75, 3.05) is 0 Å². The minimum absolute atomic E-state index is 0.655. The fraction of sp³-hybridized carbons (Fsp3) is 1.00. The molecule has 12 aliphatic rings. The molecule has 0 aromatic rings. The molecule has 16 unspecified atom stereocenters. The van der Waals surface area contributed by atoms with Crippen molar-refractivity contribution in [2.24, 2.45) is 92.2 Å². The van der Waals surface area contributed by atoms with Crippen molar-refractivity contribution in [1.29, 1.82) is 0 Å². The van der Waals surface area contributed by atoms with E-state index in [0.717, 1.165) is 75.9 Å². The third-order valence-corrected chi connectivity index (χ3v) is 16.3. The molecule has 0 nitrogen and oxygen atoms in total. The van der Waals surface area contributed by atoms with Crippen LogP contribution < -0.4 is 0 Å². The number of hydrogen-bond donors (Lipinski definition) is 0. The maximum Gasteiger partial charge on any atom is -0.0175 e. The lowest BCUT2D eigenvalue weighted by molar-refractivity contribution is -0.396. The lowest BCUT2D eigenvalue weighted by Crippen LogP contribution is -2.82. The Kier molecular flexibility index (Phi) is 2.10.